The molecule has 1 unspecified atom stereocenters. The number of esters is 5. The largest absolute Gasteiger partial charge is 0.455 e. The van der Waals surface area contributed by atoms with Gasteiger partial charge in [0.15, 0.2) is 17.5 Å². The Morgan fingerprint density at radius 2 is 1.45 bits per heavy atom. The summed E-state index contributed by atoms with van der Waals surface area (Å²) in [5.41, 5.74) is -6.70. The highest BCUT2D eigenvalue weighted by atomic mass is 16.6. The number of Topliss-reactive ketones (excluding diaryl/α,β-unsaturated/α-hetero) is 1. The zero-order chi connectivity index (χ0) is 57.8. The summed E-state index contributed by atoms with van der Waals surface area (Å²) in [5, 5.41) is 19.2. The standard InChI is InChI=1S/C59H70N2O19/c1-34-41(76-52(67)47(45(38-20-14-10-15-21-38)61-54(69)80-55(4,5)6)77-43(64)32-72-27-26-71-25-24-60-53(68)73-31-37-18-12-9-13-19-37)30-59(70)50(78-51(66)39-22-16-11-17-23-39)48-57(49(65)46(75-35(2)62)44(34)56(59,7)8)29-40(57)28-42-58(48,33-74-42)79-36(3)63/h9-23,40-42,45-48,50,70H,24-33H2,1-8H3,(H,60,68)(H,61,69)/t40-,41?,42-,45+,46-,47-,48+,50+,57-,58+,59-/m1/s1. The predicted octanol–water partition coefficient (Wildman–Crippen LogP) is 5.98. The first-order valence-electron chi connectivity index (χ1n) is 26.7. The molecule has 21 heteroatoms. The molecule has 0 radical (unpaired) electrons. The third-order valence-electron chi connectivity index (χ3n) is 15.7. The number of amides is 2. The minimum absolute atomic E-state index is 0.0159. The Bertz CT molecular complexity index is 2840. The van der Waals surface area contributed by atoms with E-state index in [0.29, 0.717) is 0 Å². The van der Waals surface area contributed by atoms with Crippen molar-refractivity contribution in [2.75, 3.05) is 39.6 Å². The van der Waals surface area contributed by atoms with Crippen LogP contribution in [0.25, 0.3) is 0 Å². The number of aliphatic hydroxyl groups is 1. The van der Waals surface area contributed by atoms with Crippen LogP contribution in [-0.2, 0) is 77.9 Å². The van der Waals surface area contributed by atoms with Crippen LogP contribution in [0, 0.1) is 22.7 Å². The first kappa shape index (κ1) is 58.9. The third kappa shape index (κ3) is 12.3. The van der Waals surface area contributed by atoms with Gasteiger partial charge in [0.1, 0.15) is 48.8 Å². The van der Waals surface area contributed by atoms with E-state index < -0.39 is 137 Å². The van der Waals surface area contributed by atoms with Crippen LogP contribution in [-0.4, -0.2) is 140 Å². The summed E-state index contributed by atoms with van der Waals surface area (Å²) in [6, 6.07) is 23.7. The lowest BCUT2D eigenvalue weighted by Gasteiger charge is -2.64. The van der Waals surface area contributed by atoms with E-state index >= 15 is 9.59 Å². The number of fused-ring (bicyclic) bond motifs is 4. The van der Waals surface area contributed by atoms with Crippen LogP contribution in [0.2, 0.25) is 0 Å². The molecule has 80 heavy (non-hydrogen) atoms. The second kappa shape index (κ2) is 23.9. The minimum atomic E-state index is -2.36. The molecule has 430 valence electrons. The molecule has 5 aliphatic rings. The fourth-order valence-electron chi connectivity index (χ4n) is 12.1. The Morgan fingerprint density at radius 3 is 2.08 bits per heavy atom. The van der Waals surface area contributed by atoms with Crippen molar-refractivity contribution >= 4 is 47.8 Å². The van der Waals surface area contributed by atoms with Crippen LogP contribution in [0.4, 0.5) is 9.59 Å². The lowest BCUT2D eigenvalue weighted by atomic mass is 9.48. The summed E-state index contributed by atoms with van der Waals surface area (Å²) in [5.74, 6) is -7.09. The van der Waals surface area contributed by atoms with E-state index in [9.17, 15) is 33.9 Å². The number of carbonyl (C=O) groups is 8. The van der Waals surface area contributed by atoms with Crippen LogP contribution in [0.1, 0.15) is 102 Å². The van der Waals surface area contributed by atoms with Crippen LogP contribution >= 0.6 is 0 Å². The van der Waals surface area contributed by atoms with E-state index in [0.717, 1.165) is 12.5 Å². The maximum Gasteiger partial charge on any atom is 0.408 e. The third-order valence-corrected chi connectivity index (χ3v) is 15.7. The van der Waals surface area contributed by atoms with E-state index in [1.807, 2.05) is 30.3 Å². The Labute approximate surface area is 463 Å². The molecule has 1 saturated heterocycles. The molecule has 3 N–H and O–H groups in total. The second-order valence-electron chi connectivity index (χ2n) is 22.4. The molecule has 4 aliphatic carbocycles. The topological polar surface area (TPSA) is 273 Å². The van der Waals surface area contributed by atoms with Gasteiger partial charge in [-0.3, -0.25) is 14.4 Å². The maximum absolute atomic E-state index is 15.8. The van der Waals surface area contributed by atoms with Crippen LogP contribution in [0.15, 0.2) is 102 Å². The molecular formula is C59H70N2O19. The molecular weight excluding hydrogens is 1040 g/mol. The number of hydrogen-bond acceptors (Lipinski definition) is 19. The summed E-state index contributed by atoms with van der Waals surface area (Å²) >= 11 is 0. The SMILES string of the molecule is CC(=O)O[C@H]1C(=O)[C@]23C[C@H]2C[C@H]2OC[C@@]2(OC(C)=O)[C@H]3[C@H](OC(=O)c2ccccc2)[C@]2(O)CC(OC(=O)[C@H](OC(=O)COCCOCCNC(=O)OCc3ccccc3)[C@@H](NC(=O)OC(C)(C)C)c3ccccc3)C(C)=C1C2(C)C. The van der Waals surface area contributed by atoms with E-state index in [4.69, 9.17) is 47.4 Å². The molecule has 2 amide bonds. The van der Waals surface area contributed by atoms with Crippen LogP contribution in [0.3, 0.4) is 0 Å². The van der Waals surface area contributed by atoms with Gasteiger partial charge in [-0.25, -0.2) is 24.0 Å². The van der Waals surface area contributed by atoms with Gasteiger partial charge in [0.2, 0.25) is 6.10 Å². The smallest absolute Gasteiger partial charge is 0.408 e. The second-order valence-corrected chi connectivity index (χ2v) is 22.4. The van der Waals surface area contributed by atoms with Gasteiger partial charge in [0.25, 0.3) is 0 Å². The van der Waals surface area contributed by atoms with E-state index in [2.05, 4.69) is 10.6 Å². The molecule has 1 heterocycles. The van der Waals surface area contributed by atoms with Crippen molar-refractivity contribution in [3.63, 3.8) is 0 Å². The molecule has 8 rings (SSSR count). The average molecular weight is 1110 g/mol. The Hall–Kier alpha value is -7.20. The van der Waals surface area contributed by atoms with Crippen LogP contribution < -0.4 is 10.6 Å². The van der Waals surface area contributed by atoms with Gasteiger partial charge >= 0.3 is 42.0 Å². The van der Waals surface area contributed by atoms with Crippen molar-refractivity contribution < 1.29 is 90.8 Å². The van der Waals surface area contributed by atoms with Gasteiger partial charge in [-0.1, -0.05) is 92.7 Å². The minimum Gasteiger partial charge on any atom is -0.455 e. The van der Waals surface area contributed by atoms with Crippen molar-refractivity contribution in [2.24, 2.45) is 22.7 Å². The molecule has 4 fully saturated rings. The molecule has 2 bridgehead atoms. The summed E-state index contributed by atoms with van der Waals surface area (Å²) in [7, 11) is 0. The van der Waals surface area contributed by atoms with E-state index in [1.54, 1.807) is 90.1 Å². The maximum atomic E-state index is 15.8. The van der Waals surface area contributed by atoms with Crippen molar-refractivity contribution in [3.8, 4) is 0 Å². The molecule has 1 spiro atoms. The molecule has 0 aromatic heterocycles. The summed E-state index contributed by atoms with van der Waals surface area (Å²) in [6.07, 6.45) is -9.45. The number of benzene rings is 3. The van der Waals surface area contributed by atoms with Gasteiger partial charge in [-0.2, -0.15) is 0 Å². The lowest BCUT2D eigenvalue weighted by Crippen LogP contribution is -2.78. The highest BCUT2D eigenvalue weighted by Crippen LogP contribution is 2.74. The molecule has 3 saturated carbocycles. The van der Waals surface area contributed by atoms with Gasteiger partial charge < -0.3 is 63.1 Å². The van der Waals surface area contributed by atoms with Gasteiger partial charge in [-0.15, -0.1) is 0 Å². The number of rotatable bonds is 20. The number of ether oxygens (including phenoxy) is 10. The summed E-state index contributed by atoms with van der Waals surface area (Å²) < 4.78 is 59.1. The molecule has 3 aromatic rings. The normalized spacial score (nSPS) is 27.7. The lowest BCUT2D eigenvalue weighted by molar-refractivity contribution is -0.323. The Kier molecular flexibility index (Phi) is 17.6. The van der Waals surface area contributed by atoms with Gasteiger partial charge in [-0.05, 0) is 80.9 Å². The van der Waals surface area contributed by atoms with Crippen LogP contribution in [0.5, 0.6) is 0 Å². The summed E-state index contributed by atoms with van der Waals surface area (Å²) in [6.45, 7) is 11.2. The average Bonchev–Trinajstić information content (AvgIpc) is 2.14. The number of carbonyl (C=O) groups excluding carboxylic acids is 8. The highest BCUT2D eigenvalue weighted by molar-refractivity contribution is 5.98. The fraction of sp³-hybridized carbons (Fsp3) is 0.525. The molecule has 21 nitrogen and oxygen atoms in total. The molecule has 1 aliphatic heterocycles. The highest BCUT2D eigenvalue weighted by Gasteiger charge is 2.84. The Morgan fingerprint density at radius 1 is 0.800 bits per heavy atom. The van der Waals surface area contributed by atoms with Gasteiger partial charge in [0.05, 0.1) is 37.9 Å². The van der Waals surface area contributed by atoms with Crippen molar-refractivity contribution in [1.82, 2.24) is 10.6 Å². The molecule has 11 atom stereocenters. The van der Waals surface area contributed by atoms with Crippen molar-refractivity contribution in [1.29, 1.82) is 0 Å². The monoisotopic (exact) mass is 1110 g/mol. The quantitative estimate of drug-likeness (QED) is 0.0508. The van der Waals surface area contributed by atoms with E-state index in [-0.39, 0.29) is 74.7 Å². The number of hydrogen-bond donors (Lipinski definition) is 3. The zero-order valence-electron chi connectivity index (χ0n) is 46.1. The number of ketones is 1. The zero-order valence-corrected chi connectivity index (χ0v) is 46.1. The Balaban J connectivity index is 1.11. The molecule has 3 aromatic carbocycles. The first-order valence-corrected chi connectivity index (χ1v) is 26.7. The summed E-state index contributed by atoms with van der Waals surface area (Å²) in [4.78, 5) is 112. The fourth-order valence-corrected chi connectivity index (χ4v) is 12.1. The number of nitrogens with one attached hydrogen (secondary N) is 2. The number of alkyl carbamates (subject to hydrolysis) is 2. The first-order chi connectivity index (χ1) is 37.9. The predicted molar refractivity (Wildman–Crippen MR) is 280 cm³/mol. The van der Waals surface area contributed by atoms with Gasteiger partial charge in [0, 0.05) is 37.6 Å². The van der Waals surface area contributed by atoms with Crippen molar-refractivity contribution in [2.45, 2.75) is 135 Å². The van der Waals surface area contributed by atoms with Crippen molar-refractivity contribution in [3.05, 3.63) is 119 Å². The van der Waals surface area contributed by atoms with E-state index in [1.165, 1.54) is 19.1 Å².